The van der Waals surface area contributed by atoms with E-state index < -0.39 is 18.3 Å². The molecule has 17 heavy (non-hydrogen) atoms. The molecule has 0 bridgehead atoms. The van der Waals surface area contributed by atoms with E-state index in [1.807, 2.05) is 30.3 Å². The molecule has 1 aromatic carbocycles. The lowest BCUT2D eigenvalue weighted by Gasteiger charge is -2.12. The minimum absolute atomic E-state index is 0.346. The third-order valence-corrected chi connectivity index (χ3v) is 3.36. The fraction of sp³-hybridized carbons (Fsp3) is 0.385. The summed E-state index contributed by atoms with van der Waals surface area (Å²) >= 11 is 0. The van der Waals surface area contributed by atoms with Crippen LogP contribution in [0, 0.1) is 0 Å². The molecule has 3 N–H and O–H groups in total. The molecular weight excluding hydrogens is 218 g/mol. The average Bonchev–Trinajstić information content (AvgIpc) is 2.86. The van der Waals surface area contributed by atoms with Crippen LogP contribution in [0.5, 0.6) is 0 Å². The van der Waals surface area contributed by atoms with Crippen molar-refractivity contribution in [3.63, 3.8) is 0 Å². The maximum atomic E-state index is 9.91. The Morgan fingerprint density at radius 3 is 2.59 bits per heavy atom. The van der Waals surface area contributed by atoms with Gasteiger partial charge in [0.25, 0.3) is 0 Å². The van der Waals surface area contributed by atoms with Crippen LogP contribution in [-0.2, 0) is 4.74 Å². The van der Waals surface area contributed by atoms with Gasteiger partial charge in [-0.15, -0.1) is 0 Å². The van der Waals surface area contributed by atoms with Gasteiger partial charge in [-0.05, 0) is 24.4 Å². The van der Waals surface area contributed by atoms with Gasteiger partial charge < -0.3 is 19.9 Å². The number of benzene rings is 1. The Kier molecular flexibility index (Phi) is 2.43. The lowest BCUT2D eigenvalue weighted by molar-refractivity contribution is 0.0130. The first kappa shape index (κ1) is 10.8. The van der Waals surface area contributed by atoms with Crippen LogP contribution < -0.4 is 0 Å². The Hall–Kier alpha value is -1.36. The number of aromatic nitrogens is 1. The standard InChI is InChI=1S/C13H15NO3/c1-7-11(15)12(16)13(17-7)10-6-8-4-2-3-5-9(8)14-10/h2-7,11-16H,1H3/t7-,11-,12-,13+/m1/s1. The van der Waals surface area contributed by atoms with Gasteiger partial charge in [0.05, 0.1) is 6.10 Å². The molecule has 4 heteroatoms. The molecule has 3 rings (SSSR count). The van der Waals surface area contributed by atoms with Crippen molar-refractivity contribution in [1.82, 2.24) is 4.98 Å². The van der Waals surface area contributed by atoms with Gasteiger partial charge in [0.1, 0.15) is 18.3 Å². The Morgan fingerprint density at radius 2 is 1.94 bits per heavy atom. The molecule has 0 aliphatic carbocycles. The van der Waals surface area contributed by atoms with E-state index in [4.69, 9.17) is 4.74 Å². The second kappa shape index (κ2) is 3.84. The lowest BCUT2D eigenvalue weighted by Crippen LogP contribution is -2.28. The molecule has 2 heterocycles. The van der Waals surface area contributed by atoms with Gasteiger partial charge in [0.15, 0.2) is 0 Å². The second-order valence-electron chi connectivity index (χ2n) is 4.55. The predicted molar refractivity (Wildman–Crippen MR) is 63.6 cm³/mol. The molecule has 0 spiro atoms. The molecule has 2 aromatic rings. The highest BCUT2D eigenvalue weighted by Gasteiger charge is 2.41. The minimum Gasteiger partial charge on any atom is -0.388 e. The number of aromatic amines is 1. The van der Waals surface area contributed by atoms with E-state index in [9.17, 15) is 10.2 Å². The number of ether oxygens (including phenoxy) is 1. The van der Waals surface area contributed by atoms with Gasteiger partial charge in [0.2, 0.25) is 0 Å². The zero-order valence-corrected chi connectivity index (χ0v) is 9.50. The largest absolute Gasteiger partial charge is 0.388 e. The molecule has 4 atom stereocenters. The van der Waals surface area contributed by atoms with Crippen molar-refractivity contribution in [3.8, 4) is 0 Å². The molecule has 1 fully saturated rings. The maximum absolute atomic E-state index is 9.91. The van der Waals surface area contributed by atoms with E-state index in [1.165, 1.54) is 0 Å². The van der Waals surface area contributed by atoms with Crippen LogP contribution in [0.3, 0.4) is 0 Å². The summed E-state index contributed by atoms with van der Waals surface area (Å²) in [6, 6.07) is 9.83. The van der Waals surface area contributed by atoms with Crippen LogP contribution in [0.15, 0.2) is 30.3 Å². The van der Waals surface area contributed by atoms with E-state index in [-0.39, 0.29) is 6.10 Å². The first-order valence-corrected chi connectivity index (χ1v) is 5.76. The highest BCUT2D eigenvalue weighted by Crippen LogP contribution is 2.34. The summed E-state index contributed by atoms with van der Waals surface area (Å²) in [5.41, 5.74) is 1.81. The normalized spacial score (nSPS) is 33.4. The van der Waals surface area contributed by atoms with Crippen LogP contribution in [0.4, 0.5) is 0 Å². The number of fused-ring (bicyclic) bond motifs is 1. The topological polar surface area (TPSA) is 65.5 Å². The van der Waals surface area contributed by atoms with Crippen molar-refractivity contribution in [2.75, 3.05) is 0 Å². The van der Waals surface area contributed by atoms with Crippen LogP contribution >= 0.6 is 0 Å². The molecule has 1 aromatic heterocycles. The summed E-state index contributed by atoms with van der Waals surface area (Å²) in [5, 5.41) is 20.7. The van der Waals surface area contributed by atoms with Crippen molar-refractivity contribution in [2.24, 2.45) is 0 Å². The van der Waals surface area contributed by atoms with Gasteiger partial charge in [-0.3, -0.25) is 0 Å². The number of rotatable bonds is 1. The lowest BCUT2D eigenvalue weighted by atomic mass is 10.1. The van der Waals surface area contributed by atoms with Crippen LogP contribution in [0.2, 0.25) is 0 Å². The Bertz CT molecular complexity index is 503. The first-order valence-electron chi connectivity index (χ1n) is 5.76. The molecule has 1 aliphatic rings. The quantitative estimate of drug-likeness (QED) is 0.696. The van der Waals surface area contributed by atoms with Crippen molar-refractivity contribution < 1.29 is 14.9 Å². The maximum Gasteiger partial charge on any atom is 0.126 e. The van der Waals surface area contributed by atoms with Crippen LogP contribution in [-0.4, -0.2) is 33.5 Å². The zero-order chi connectivity index (χ0) is 12.0. The molecule has 1 aliphatic heterocycles. The highest BCUT2D eigenvalue weighted by atomic mass is 16.5. The van der Waals surface area contributed by atoms with E-state index in [1.54, 1.807) is 6.92 Å². The summed E-state index contributed by atoms with van der Waals surface area (Å²) in [4.78, 5) is 3.21. The Labute approximate surface area is 98.8 Å². The zero-order valence-electron chi connectivity index (χ0n) is 9.50. The van der Waals surface area contributed by atoms with Gasteiger partial charge in [-0.2, -0.15) is 0 Å². The fourth-order valence-electron chi connectivity index (χ4n) is 2.36. The SMILES string of the molecule is C[C@H]1O[C@@H](c2cc3ccccc3[nH]2)[C@H](O)[C@@H]1O. The number of aliphatic hydroxyl groups is 2. The number of para-hydroxylation sites is 1. The van der Waals surface area contributed by atoms with Crippen molar-refractivity contribution in [2.45, 2.75) is 31.3 Å². The third kappa shape index (κ3) is 1.65. The summed E-state index contributed by atoms with van der Waals surface area (Å²) < 4.78 is 5.57. The molecule has 4 nitrogen and oxygen atoms in total. The first-order chi connectivity index (χ1) is 8.16. The smallest absolute Gasteiger partial charge is 0.126 e. The molecule has 0 saturated carbocycles. The van der Waals surface area contributed by atoms with Crippen LogP contribution in [0.25, 0.3) is 10.9 Å². The summed E-state index contributed by atoms with van der Waals surface area (Å²) in [6.45, 7) is 1.76. The van der Waals surface area contributed by atoms with Gasteiger partial charge >= 0.3 is 0 Å². The van der Waals surface area contributed by atoms with E-state index in [0.29, 0.717) is 0 Å². The molecule has 1 saturated heterocycles. The number of hydrogen-bond acceptors (Lipinski definition) is 3. The predicted octanol–water partition coefficient (Wildman–Crippen LogP) is 1.35. The molecule has 0 radical (unpaired) electrons. The average molecular weight is 233 g/mol. The van der Waals surface area contributed by atoms with Crippen LogP contribution in [0.1, 0.15) is 18.7 Å². The Balaban J connectivity index is 1.99. The number of nitrogens with one attached hydrogen (secondary N) is 1. The van der Waals surface area contributed by atoms with Crippen molar-refractivity contribution in [1.29, 1.82) is 0 Å². The fourth-order valence-corrected chi connectivity index (χ4v) is 2.36. The van der Waals surface area contributed by atoms with E-state index >= 15 is 0 Å². The minimum atomic E-state index is -0.877. The summed E-state index contributed by atoms with van der Waals surface area (Å²) in [7, 11) is 0. The van der Waals surface area contributed by atoms with E-state index in [0.717, 1.165) is 16.6 Å². The van der Waals surface area contributed by atoms with Crippen molar-refractivity contribution >= 4 is 10.9 Å². The van der Waals surface area contributed by atoms with Gasteiger partial charge in [0, 0.05) is 11.2 Å². The highest BCUT2D eigenvalue weighted by molar-refractivity contribution is 5.80. The van der Waals surface area contributed by atoms with Gasteiger partial charge in [-0.1, -0.05) is 18.2 Å². The number of aliphatic hydroxyl groups excluding tert-OH is 2. The molecule has 0 amide bonds. The third-order valence-electron chi connectivity index (χ3n) is 3.36. The monoisotopic (exact) mass is 233 g/mol. The molecular formula is C13H15NO3. The Morgan fingerprint density at radius 1 is 1.18 bits per heavy atom. The summed E-state index contributed by atoms with van der Waals surface area (Å²) in [5.74, 6) is 0. The van der Waals surface area contributed by atoms with E-state index in [2.05, 4.69) is 4.98 Å². The van der Waals surface area contributed by atoms with Crippen molar-refractivity contribution in [3.05, 3.63) is 36.0 Å². The molecule has 90 valence electrons. The second-order valence-corrected chi connectivity index (χ2v) is 4.55. The molecule has 0 unspecified atom stereocenters. The van der Waals surface area contributed by atoms with Gasteiger partial charge in [-0.25, -0.2) is 0 Å². The number of H-pyrrole nitrogens is 1. The summed E-state index contributed by atoms with van der Waals surface area (Å²) in [6.07, 6.45) is -2.53. The number of hydrogen-bond donors (Lipinski definition) is 3.